The minimum atomic E-state index is -3.76. The fourth-order valence-electron chi connectivity index (χ4n) is 3.03. The molecule has 30 heavy (non-hydrogen) atoms. The molecule has 0 saturated carbocycles. The minimum Gasteiger partial charge on any atom is -0.452 e. The zero-order valence-corrected chi connectivity index (χ0v) is 17.7. The Bertz CT molecular complexity index is 1020. The highest BCUT2D eigenvalue weighted by molar-refractivity contribution is 7.89. The Morgan fingerprint density at radius 1 is 1.10 bits per heavy atom. The fourth-order valence-corrected chi connectivity index (χ4v) is 4.69. The highest BCUT2D eigenvalue weighted by Crippen LogP contribution is 2.23. The van der Waals surface area contributed by atoms with Crippen LogP contribution in [0.15, 0.2) is 53.4 Å². The molecule has 1 amide bonds. The quantitative estimate of drug-likeness (QED) is 0.647. The number of sulfonamides is 1. The van der Waals surface area contributed by atoms with Gasteiger partial charge in [-0.05, 0) is 36.8 Å². The second-order valence-electron chi connectivity index (χ2n) is 6.86. The molecule has 1 heterocycles. The van der Waals surface area contributed by atoms with E-state index in [4.69, 9.17) is 9.47 Å². The van der Waals surface area contributed by atoms with Crippen LogP contribution in [0.2, 0.25) is 0 Å². The molecule has 8 nitrogen and oxygen atoms in total. The van der Waals surface area contributed by atoms with Gasteiger partial charge in [-0.25, -0.2) is 13.2 Å². The summed E-state index contributed by atoms with van der Waals surface area (Å²) in [6, 6.07) is 13.3. The molecule has 0 bridgehead atoms. The summed E-state index contributed by atoms with van der Waals surface area (Å²) in [5.74, 6) is -1.16. The lowest BCUT2D eigenvalue weighted by atomic mass is 10.1. The van der Waals surface area contributed by atoms with Crippen molar-refractivity contribution in [3.63, 3.8) is 0 Å². The van der Waals surface area contributed by atoms with Gasteiger partial charge in [0.15, 0.2) is 6.61 Å². The Hall–Kier alpha value is -2.75. The second-order valence-corrected chi connectivity index (χ2v) is 8.77. The fraction of sp³-hybridized carbons (Fsp3) is 0.333. The number of benzene rings is 2. The van der Waals surface area contributed by atoms with Crippen LogP contribution in [0.25, 0.3) is 0 Å². The van der Waals surface area contributed by atoms with Crippen LogP contribution in [0.1, 0.15) is 15.9 Å². The van der Waals surface area contributed by atoms with Crippen molar-refractivity contribution in [2.24, 2.45) is 0 Å². The van der Waals surface area contributed by atoms with Crippen molar-refractivity contribution < 1.29 is 27.5 Å². The lowest BCUT2D eigenvalue weighted by Gasteiger charge is -2.26. The standard InChI is InChI=1S/C21H24N2O6S/c1-16-8-9-17(14-19(16)30(26,27)23-10-12-28-13-11-23)21(25)29-15-20(24)22(2)18-6-4-3-5-7-18/h3-9,14H,10-13,15H2,1-2H3. The molecule has 0 atom stereocenters. The maximum absolute atomic E-state index is 13.0. The van der Waals surface area contributed by atoms with Gasteiger partial charge in [-0.2, -0.15) is 4.31 Å². The average molecular weight is 432 g/mol. The molecule has 1 aliphatic rings. The third-order valence-electron chi connectivity index (χ3n) is 4.86. The van der Waals surface area contributed by atoms with Gasteiger partial charge in [0.2, 0.25) is 10.0 Å². The molecule has 2 aromatic rings. The van der Waals surface area contributed by atoms with Gasteiger partial charge in [-0.3, -0.25) is 4.79 Å². The highest BCUT2D eigenvalue weighted by atomic mass is 32.2. The lowest BCUT2D eigenvalue weighted by molar-refractivity contribution is -0.121. The molecule has 3 rings (SSSR count). The van der Waals surface area contributed by atoms with Crippen LogP contribution in [0.5, 0.6) is 0 Å². The van der Waals surface area contributed by atoms with E-state index in [1.165, 1.54) is 21.3 Å². The molecular weight excluding hydrogens is 408 g/mol. The molecular formula is C21H24N2O6S. The van der Waals surface area contributed by atoms with Crippen molar-refractivity contribution in [3.8, 4) is 0 Å². The first-order chi connectivity index (χ1) is 14.3. The number of ether oxygens (including phenoxy) is 2. The number of morpholine rings is 1. The number of aryl methyl sites for hydroxylation is 1. The van der Waals surface area contributed by atoms with E-state index in [9.17, 15) is 18.0 Å². The number of carbonyl (C=O) groups is 2. The summed E-state index contributed by atoms with van der Waals surface area (Å²) < 4.78 is 37.6. The van der Waals surface area contributed by atoms with Crippen LogP contribution in [0, 0.1) is 6.92 Å². The number of nitrogens with zero attached hydrogens (tertiary/aromatic N) is 2. The lowest BCUT2D eigenvalue weighted by Crippen LogP contribution is -2.40. The van der Waals surface area contributed by atoms with Gasteiger partial charge in [0.25, 0.3) is 5.91 Å². The van der Waals surface area contributed by atoms with Crippen LogP contribution >= 0.6 is 0 Å². The van der Waals surface area contributed by atoms with E-state index in [2.05, 4.69) is 0 Å². The molecule has 0 aliphatic carbocycles. The maximum atomic E-state index is 13.0. The Kier molecular flexibility index (Phi) is 6.86. The molecule has 0 spiro atoms. The number of esters is 1. The topological polar surface area (TPSA) is 93.2 Å². The van der Waals surface area contributed by atoms with E-state index >= 15 is 0 Å². The van der Waals surface area contributed by atoms with E-state index in [0.717, 1.165) is 0 Å². The molecule has 2 aromatic carbocycles. The van der Waals surface area contributed by atoms with Gasteiger partial charge in [-0.15, -0.1) is 0 Å². The van der Waals surface area contributed by atoms with Crippen molar-refractivity contribution in [1.29, 1.82) is 0 Å². The minimum absolute atomic E-state index is 0.0478. The van der Waals surface area contributed by atoms with E-state index in [1.54, 1.807) is 44.3 Å². The molecule has 9 heteroatoms. The van der Waals surface area contributed by atoms with Crippen molar-refractivity contribution in [1.82, 2.24) is 4.31 Å². The zero-order chi connectivity index (χ0) is 21.7. The van der Waals surface area contributed by atoms with Crippen molar-refractivity contribution in [2.75, 3.05) is 44.9 Å². The third-order valence-corrected chi connectivity index (χ3v) is 6.90. The Morgan fingerprint density at radius 3 is 2.43 bits per heavy atom. The number of hydrogen-bond donors (Lipinski definition) is 0. The van der Waals surface area contributed by atoms with E-state index in [1.807, 2.05) is 6.07 Å². The van der Waals surface area contributed by atoms with E-state index < -0.39 is 28.5 Å². The number of anilines is 1. The Labute approximate surface area is 176 Å². The summed E-state index contributed by atoms with van der Waals surface area (Å²) in [5, 5.41) is 0. The summed E-state index contributed by atoms with van der Waals surface area (Å²) in [6.07, 6.45) is 0. The van der Waals surface area contributed by atoms with Gasteiger partial charge in [0.05, 0.1) is 23.7 Å². The number of para-hydroxylation sites is 1. The van der Waals surface area contributed by atoms with Gasteiger partial charge >= 0.3 is 5.97 Å². The highest BCUT2D eigenvalue weighted by Gasteiger charge is 2.28. The molecule has 0 aromatic heterocycles. The van der Waals surface area contributed by atoms with Crippen molar-refractivity contribution >= 4 is 27.6 Å². The van der Waals surface area contributed by atoms with Crippen LogP contribution in [-0.4, -0.2) is 64.6 Å². The molecule has 1 aliphatic heterocycles. The normalized spacial score (nSPS) is 14.9. The smallest absolute Gasteiger partial charge is 0.338 e. The summed E-state index contributed by atoms with van der Waals surface area (Å²) in [7, 11) is -2.17. The number of likely N-dealkylation sites (N-methyl/N-ethyl adjacent to an activating group) is 1. The number of rotatable bonds is 6. The largest absolute Gasteiger partial charge is 0.452 e. The molecule has 160 valence electrons. The van der Waals surface area contributed by atoms with Crippen LogP contribution in [-0.2, 0) is 24.3 Å². The van der Waals surface area contributed by atoms with Crippen LogP contribution in [0.4, 0.5) is 5.69 Å². The summed E-state index contributed by atoms with van der Waals surface area (Å²) in [5.41, 5.74) is 1.27. The first-order valence-electron chi connectivity index (χ1n) is 9.48. The number of amides is 1. The number of hydrogen-bond acceptors (Lipinski definition) is 6. The first-order valence-corrected chi connectivity index (χ1v) is 10.9. The summed E-state index contributed by atoms with van der Waals surface area (Å²) in [6.45, 7) is 2.39. The van der Waals surface area contributed by atoms with Gasteiger partial charge in [-0.1, -0.05) is 24.3 Å². The second kappa shape index (κ2) is 9.38. The van der Waals surface area contributed by atoms with E-state index in [-0.39, 0.29) is 23.5 Å². The van der Waals surface area contributed by atoms with Crippen molar-refractivity contribution in [2.45, 2.75) is 11.8 Å². The van der Waals surface area contributed by atoms with E-state index in [0.29, 0.717) is 24.5 Å². The molecule has 0 N–H and O–H groups in total. The van der Waals surface area contributed by atoms with Gasteiger partial charge < -0.3 is 14.4 Å². The molecule has 1 fully saturated rings. The summed E-state index contributed by atoms with van der Waals surface area (Å²) >= 11 is 0. The molecule has 1 saturated heterocycles. The number of carbonyl (C=O) groups excluding carboxylic acids is 2. The summed E-state index contributed by atoms with van der Waals surface area (Å²) in [4.78, 5) is 26.2. The Balaban J connectivity index is 1.71. The zero-order valence-electron chi connectivity index (χ0n) is 16.9. The molecule has 0 radical (unpaired) electrons. The maximum Gasteiger partial charge on any atom is 0.338 e. The monoisotopic (exact) mass is 432 g/mol. The molecule has 0 unspecified atom stereocenters. The van der Waals surface area contributed by atoms with Gasteiger partial charge in [0.1, 0.15) is 0 Å². The Morgan fingerprint density at radius 2 is 1.77 bits per heavy atom. The van der Waals surface area contributed by atoms with Crippen LogP contribution < -0.4 is 4.90 Å². The van der Waals surface area contributed by atoms with Gasteiger partial charge in [0, 0.05) is 25.8 Å². The first kappa shape index (κ1) is 21.9. The predicted octanol–water partition coefficient (Wildman–Crippen LogP) is 1.84. The SMILES string of the molecule is Cc1ccc(C(=O)OCC(=O)N(C)c2ccccc2)cc1S(=O)(=O)N1CCOCC1. The predicted molar refractivity (Wildman–Crippen MR) is 111 cm³/mol. The van der Waals surface area contributed by atoms with Crippen molar-refractivity contribution in [3.05, 3.63) is 59.7 Å². The average Bonchev–Trinajstić information content (AvgIpc) is 2.78. The van der Waals surface area contributed by atoms with Crippen LogP contribution in [0.3, 0.4) is 0 Å². The third kappa shape index (κ3) is 4.86.